The second-order valence-electron chi connectivity index (χ2n) is 6.29. The number of rotatable bonds is 7. The Morgan fingerprint density at radius 3 is 2.55 bits per heavy atom. The van der Waals surface area contributed by atoms with Crippen molar-refractivity contribution >= 4 is 39.4 Å². The number of aromatic nitrogens is 3. The summed E-state index contributed by atoms with van der Waals surface area (Å²) in [6.45, 7) is 1.74. The maximum absolute atomic E-state index is 13.8. The molecule has 0 aliphatic rings. The molecule has 0 saturated carbocycles. The largest absolute Gasteiger partial charge is 0.342 e. The second-order valence-corrected chi connectivity index (χ2v) is 8.15. The first-order chi connectivity index (χ1) is 13.9. The predicted molar refractivity (Wildman–Crippen MR) is 112 cm³/mol. The summed E-state index contributed by atoms with van der Waals surface area (Å²) < 4.78 is 16.4. The van der Waals surface area contributed by atoms with Crippen LogP contribution >= 0.6 is 27.7 Å². The van der Waals surface area contributed by atoms with Crippen LogP contribution < -0.4 is 5.32 Å². The van der Waals surface area contributed by atoms with Crippen LogP contribution in [-0.2, 0) is 7.05 Å². The standard InChI is InChI=1S/C20H18BrFN4O2S/c1-12(23-19(28)15-5-3-4-6-16(15)22)18-24-25-20(26(18)2)29-11-17(27)13-7-9-14(21)10-8-13/h3-10,12H,11H2,1-2H3,(H,23,28)/t12-/m1/s1. The Morgan fingerprint density at radius 1 is 1.17 bits per heavy atom. The van der Waals surface area contributed by atoms with E-state index >= 15 is 0 Å². The van der Waals surface area contributed by atoms with E-state index in [0.717, 1.165) is 4.47 Å². The molecule has 1 amide bonds. The number of carbonyl (C=O) groups is 2. The van der Waals surface area contributed by atoms with Crippen LogP contribution in [0.5, 0.6) is 0 Å². The van der Waals surface area contributed by atoms with Crippen molar-refractivity contribution in [1.82, 2.24) is 20.1 Å². The van der Waals surface area contributed by atoms with E-state index in [1.807, 2.05) is 12.1 Å². The summed E-state index contributed by atoms with van der Waals surface area (Å²) in [6.07, 6.45) is 0. The van der Waals surface area contributed by atoms with Crippen LogP contribution in [-0.4, -0.2) is 32.2 Å². The van der Waals surface area contributed by atoms with Gasteiger partial charge in [0.1, 0.15) is 5.82 Å². The molecule has 0 radical (unpaired) electrons. The number of benzene rings is 2. The Labute approximate surface area is 180 Å². The fourth-order valence-corrected chi connectivity index (χ4v) is 3.74. The van der Waals surface area contributed by atoms with Crippen LogP contribution in [0.1, 0.15) is 39.5 Å². The average molecular weight is 477 g/mol. The van der Waals surface area contributed by atoms with Gasteiger partial charge in [-0.2, -0.15) is 0 Å². The van der Waals surface area contributed by atoms with E-state index in [0.29, 0.717) is 16.5 Å². The third-order valence-electron chi connectivity index (χ3n) is 4.22. The van der Waals surface area contributed by atoms with Crippen molar-refractivity contribution in [2.24, 2.45) is 7.05 Å². The van der Waals surface area contributed by atoms with Gasteiger partial charge in [-0.3, -0.25) is 9.59 Å². The van der Waals surface area contributed by atoms with Gasteiger partial charge in [-0.15, -0.1) is 10.2 Å². The molecule has 3 aromatic rings. The third-order valence-corrected chi connectivity index (χ3v) is 5.77. The molecule has 0 bridgehead atoms. The highest BCUT2D eigenvalue weighted by Crippen LogP contribution is 2.21. The van der Waals surface area contributed by atoms with Gasteiger partial charge in [0, 0.05) is 17.1 Å². The van der Waals surface area contributed by atoms with Crippen molar-refractivity contribution in [1.29, 1.82) is 0 Å². The van der Waals surface area contributed by atoms with E-state index in [1.165, 1.54) is 30.0 Å². The zero-order valence-corrected chi connectivity index (χ0v) is 18.1. The minimum atomic E-state index is -0.585. The first kappa shape index (κ1) is 21.2. The first-order valence-corrected chi connectivity index (χ1v) is 10.5. The monoisotopic (exact) mass is 476 g/mol. The van der Waals surface area contributed by atoms with Crippen molar-refractivity contribution in [2.45, 2.75) is 18.1 Å². The second kappa shape index (κ2) is 9.32. The van der Waals surface area contributed by atoms with E-state index in [-0.39, 0.29) is 17.1 Å². The van der Waals surface area contributed by atoms with Gasteiger partial charge in [-0.1, -0.05) is 52.0 Å². The van der Waals surface area contributed by atoms with E-state index in [2.05, 4.69) is 31.4 Å². The van der Waals surface area contributed by atoms with Crippen LogP contribution in [0.15, 0.2) is 58.2 Å². The summed E-state index contributed by atoms with van der Waals surface area (Å²) in [6, 6.07) is 12.4. The third kappa shape index (κ3) is 5.10. The van der Waals surface area contributed by atoms with Crippen LogP contribution in [0, 0.1) is 5.82 Å². The molecule has 1 atom stereocenters. The van der Waals surface area contributed by atoms with Crippen LogP contribution in [0.25, 0.3) is 0 Å². The molecule has 0 saturated heterocycles. The summed E-state index contributed by atoms with van der Waals surface area (Å²) >= 11 is 4.61. The highest BCUT2D eigenvalue weighted by atomic mass is 79.9. The molecule has 0 fully saturated rings. The maximum Gasteiger partial charge on any atom is 0.254 e. The van der Waals surface area contributed by atoms with E-state index < -0.39 is 17.8 Å². The number of nitrogens with one attached hydrogen (secondary N) is 1. The highest BCUT2D eigenvalue weighted by Gasteiger charge is 2.20. The minimum Gasteiger partial charge on any atom is -0.342 e. The number of amides is 1. The number of nitrogens with zero attached hydrogens (tertiary/aromatic N) is 3. The Morgan fingerprint density at radius 2 is 1.86 bits per heavy atom. The molecule has 0 spiro atoms. The predicted octanol–water partition coefficient (Wildman–Crippen LogP) is 4.18. The number of carbonyl (C=O) groups excluding carboxylic acids is 2. The van der Waals surface area contributed by atoms with Crippen molar-refractivity contribution in [2.75, 3.05) is 5.75 Å². The Balaban J connectivity index is 1.64. The SMILES string of the molecule is C[C@@H](NC(=O)c1ccccc1F)c1nnc(SCC(=O)c2ccc(Br)cc2)n1C. The topological polar surface area (TPSA) is 76.9 Å². The average Bonchev–Trinajstić information content (AvgIpc) is 3.07. The molecule has 29 heavy (non-hydrogen) atoms. The molecule has 3 rings (SSSR count). The van der Waals surface area contributed by atoms with Gasteiger partial charge in [-0.25, -0.2) is 4.39 Å². The van der Waals surface area contributed by atoms with Gasteiger partial charge in [-0.05, 0) is 31.2 Å². The Hall–Kier alpha value is -2.52. The van der Waals surface area contributed by atoms with Gasteiger partial charge >= 0.3 is 0 Å². The Bertz CT molecular complexity index is 1040. The van der Waals surface area contributed by atoms with Gasteiger partial charge in [0.05, 0.1) is 17.4 Å². The molecule has 9 heteroatoms. The highest BCUT2D eigenvalue weighted by molar-refractivity contribution is 9.10. The number of thioether (sulfide) groups is 1. The van der Waals surface area contributed by atoms with Crippen molar-refractivity contribution in [3.63, 3.8) is 0 Å². The summed E-state index contributed by atoms with van der Waals surface area (Å²) in [5.41, 5.74) is 0.588. The lowest BCUT2D eigenvalue weighted by Crippen LogP contribution is -2.29. The maximum atomic E-state index is 13.8. The van der Waals surface area contributed by atoms with Crippen LogP contribution in [0.4, 0.5) is 4.39 Å². The van der Waals surface area contributed by atoms with E-state index in [1.54, 1.807) is 36.7 Å². The van der Waals surface area contributed by atoms with Crippen molar-refractivity contribution in [3.8, 4) is 0 Å². The van der Waals surface area contributed by atoms with Gasteiger partial charge in [0.2, 0.25) is 0 Å². The molecule has 0 aliphatic heterocycles. The van der Waals surface area contributed by atoms with Crippen LogP contribution in [0.2, 0.25) is 0 Å². The molecule has 1 heterocycles. The van der Waals surface area contributed by atoms with Gasteiger partial charge < -0.3 is 9.88 Å². The minimum absolute atomic E-state index is 0.0204. The first-order valence-electron chi connectivity index (χ1n) is 8.73. The number of ketones is 1. The molecule has 150 valence electrons. The molecule has 1 N–H and O–H groups in total. The number of halogens is 2. The molecular formula is C20H18BrFN4O2S. The number of hydrogen-bond acceptors (Lipinski definition) is 5. The van der Waals surface area contributed by atoms with E-state index in [9.17, 15) is 14.0 Å². The number of hydrogen-bond donors (Lipinski definition) is 1. The molecular weight excluding hydrogens is 459 g/mol. The fraction of sp³-hybridized carbons (Fsp3) is 0.200. The molecule has 1 aromatic heterocycles. The zero-order chi connectivity index (χ0) is 21.0. The normalized spacial score (nSPS) is 11.9. The molecule has 2 aromatic carbocycles. The van der Waals surface area contributed by atoms with E-state index in [4.69, 9.17) is 0 Å². The lowest BCUT2D eigenvalue weighted by molar-refractivity contribution is 0.0933. The van der Waals surface area contributed by atoms with Crippen molar-refractivity contribution < 1.29 is 14.0 Å². The smallest absolute Gasteiger partial charge is 0.254 e. The summed E-state index contributed by atoms with van der Waals surface area (Å²) in [7, 11) is 1.76. The Kier molecular flexibility index (Phi) is 6.81. The number of Topliss-reactive ketones (excluding diaryl/α,β-unsaturated/α-hetero) is 1. The van der Waals surface area contributed by atoms with Gasteiger partial charge in [0.25, 0.3) is 5.91 Å². The summed E-state index contributed by atoms with van der Waals surface area (Å²) in [5, 5.41) is 11.5. The van der Waals surface area contributed by atoms with Crippen molar-refractivity contribution in [3.05, 3.63) is 75.8 Å². The molecule has 0 aliphatic carbocycles. The van der Waals surface area contributed by atoms with Crippen LogP contribution in [0.3, 0.4) is 0 Å². The molecule has 0 unspecified atom stereocenters. The quantitative estimate of drug-likeness (QED) is 0.408. The lowest BCUT2D eigenvalue weighted by atomic mass is 10.2. The van der Waals surface area contributed by atoms with Gasteiger partial charge in [0.15, 0.2) is 16.8 Å². The summed E-state index contributed by atoms with van der Waals surface area (Å²) in [4.78, 5) is 24.6. The summed E-state index contributed by atoms with van der Waals surface area (Å²) in [5.74, 6) is -0.416. The molecule has 6 nitrogen and oxygen atoms in total. The fourth-order valence-electron chi connectivity index (χ4n) is 2.66. The lowest BCUT2D eigenvalue weighted by Gasteiger charge is -2.14. The zero-order valence-electron chi connectivity index (χ0n) is 15.7.